The lowest BCUT2D eigenvalue weighted by atomic mass is 9.99. The lowest BCUT2D eigenvalue weighted by Crippen LogP contribution is -2.21. The van der Waals surface area contributed by atoms with Crippen molar-refractivity contribution in [3.63, 3.8) is 0 Å². The van der Waals surface area contributed by atoms with Crippen molar-refractivity contribution in [2.75, 3.05) is 18.0 Å². The van der Waals surface area contributed by atoms with E-state index in [-0.39, 0.29) is 0 Å². The molecule has 0 bridgehead atoms. The van der Waals surface area contributed by atoms with Crippen LogP contribution in [0.4, 0.5) is 5.69 Å². The van der Waals surface area contributed by atoms with Crippen LogP contribution in [-0.4, -0.2) is 24.5 Å². The molecule has 0 saturated carbocycles. The second-order valence-corrected chi connectivity index (χ2v) is 5.48. The van der Waals surface area contributed by atoms with Gasteiger partial charge in [0, 0.05) is 30.2 Å². The number of unbranched alkanes of at least 4 members (excludes halogenated alkanes) is 1. The van der Waals surface area contributed by atoms with E-state index in [1.165, 1.54) is 6.21 Å². The number of fused-ring (bicyclic) bond motifs is 1. The fourth-order valence-electron chi connectivity index (χ4n) is 2.86. The third-order valence-electron chi connectivity index (χ3n) is 4.13. The zero-order valence-electron chi connectivity index (χ0n) is 14.0. The average molecular weight is 316 g/mol. The summed E-state index contributed by atoms with van der Waals surface area (Å²) >= 11 is 0. The zero-order valence-corrected chi connectivity index (χ0v) is 14.0. The second kappa shape index (κ2) is 7.81. The Morgan fingerprint density at radius 2 is 2.00 bits per heavy atom. The van der Waals surface area contributed by atoms with Gasteiger partial charge in [0.25, 0.3) is 0 Å². The fourth-order valence-corrected chi connectivity index (χ4v) is 2.86. The predicted molar refractivity (Wildman–Crippen MR) is 94.0 cm³/mol. The Balaban J connectivity index is 2.66. The summed E-state index contributed by atoms with van der Waals surface area (Å²) < 4.78 is 5.46. The van der Waals surface area contributed by atoms with E-state index >= 15 is 0 Å². The van der Waals surface area contributed by atoms with Crippen LogP contribution in [0, 0.1) is 0 Å². The van der Waals surface area contributed by atoms with Crippen LogP contribution in [-0.2, 0) is 6.42 Å². The molecular weight excluding hydrogens is 292 g/mol. The molecule has 0 atom stereocenters. The van der Waals surface area contributed by atoms with Gasteiger partial charge < -0.3 is 14.5 Å². The summed E-state index contributed by atoms with van der Waals surface area (Å²) in [5.74, 6) is 0. The maximum Gasteiger partial charge on any atom is 0.345 e. The zero-order chi connectivity index (χ0) is 16.8. The van der Waals surface area contributed by atoms with Gasteiger partial charge in [-0.3, -0.25) is 0 Å². The van der Waals surface area contributed by atoms with Crippen molar-refractivity contribution >= 4 is 22.9 Å². The van der Waals surface area contributed by atoms with Gasteiger partial charge in [0.2, 0.25) is 0 Å². The molecule has 2 rings (SSSR count). The lowest BCUT2D eigenvalue weighted by molar-refractivity contribution is 0.321. The molecule has 1 aromatic heterocycles. The number of benzene rings is 1. The number of rotatable bonds is 7. The number of aryl methyl sites for hydroxylation is 1. The first kappa shape index (κ1) is 17.1. The highest BCUT2D eigenvalue weighted by molar-refractivity contribution is 5.91. The van der Waals surface area contributed by atoms with Gasteiger partial charge in [-0.15, -0.1) is 0 Å². The van der Waals surface area contributed by atoms with E-state index in [0.29, 0.717) is 11.1 Å². The van der Waals surface area contributed by atoms with Gasteiger partial charge in [0.15, 0.2) is 0 Å². The summed E-state index contributed by atoms with van der Waals surface area (Å²) in [5.41, 5.74) is 2.39. The molecule has 1 N–H and O–H groups in total. The van der Waals surface area contributed by atoms with Crippen LogP contribution >= 0.6 is 0 Å². The average Bonchev–Trinajstić information content (AvgIpc) is 2.56. The normalized spacial score (nSPS) is 11.4. The monoisotopic (exact) mass is 316 g/mol. The summed E-state index contributed by atoms with van der Waals surface area (Å²) in [6, 6.07) is 5.95. The molecule has 0 unspecified atom stereocenters. The van der Waals surface area contributed by atoms with Crippen LogP contribution in [0.15, 0.2) is 32.6 Å². The van der Waals surface area contributed by atoms with E-state index in [4.69, 9.17) is 9.62 Å². The van der Waals surface area contributed by atoms with Crippen LogP contribution < -0.4 is 10.5 Å². The van der Waals surface area contributed by atoms with Gasteiger partial charge in [-0.1, -0.05) is 18.5 Å². The molecule has 23 heavy (non-hydrogen) atoms. The molecule has 0 spiro atoms. The highest BCUT2D eigenvalue weighted by Gasteiger charge is 2.14. The first-order valence-corrected chi connectivity index (χ1v) is 8.18. The first-order chi connectivity index (χ1) is 11.2. The van der Waals surface area contributed by atoms with Crippen LogP contribution in [0.3, 0.4) is 0 Å². The van der Waals surface area contributed by atoms with Gasteiger partial charge in [-0.05, 0) is 44.4 Å². The molecule has 5 nitrogen and oxygen atoms in total. The van der Waals surface area contributed by atoms with E-state index in [1.54, 1.807) is 0 Å². The van der Waals surface area contributed by atoms with Gasteiger partial charge in [0.1, 0.15) is 5.58 Å². The lowest BCUT2D eigenvalue weighted by Gasteiger charge is -2.21. The molecule has 0 saturated heterocycles. The van der Waals surface area contributed by atoms with E-state index in [2.05, 4.69) is 30.8 Å². The Hall–Kier alpha value is -2.30. The first-order valence-electron chi connectivity index (χ1n) is 8.18. The fraction of sp³-hybridized carbons (Fsp3) is 0.444. The third kappa shape index (κ3) is 3.55. The standard InChI is InChI=1S/C18H24N2O3/c1-4-7-8-14-15-10-9-13(20(5-2)6-3)11-17(15)23-18(21)16(14)12-19-22/h9-12,22H,4-8H2,1-3H3/b19-12+. The van der Waals surface area contributed by atoms with Gasteiger partial charge in [-0.25, -0.2) is 4.79 Å². The molecule has 1 aromatic carbocycles. The second-order valence-electron chi connectivity index (χ2n) is 5.48. The van der Waals surface area contributed by atoms with E-state index in [9.17, 15) is 4.79 Å². The molecule has 5 heteroatoms. The molecule has 2 aromatic rings. The molecule has 0 aliphatic carbocycles. The summed E-state index contributed by atoms with van der Waals surface area (Å²) in [7, 11) is 0. The highest BCUT2D eigenvalue weighted by Crippen LogP contribution is 2.26. The minimum Gasteiger partial charge on any atom is -0.422 e. The molecule has 124 valence electrons. The third-order valence-corrected chi connectivity index (χ3v) is 4.13. The van der Waals surface area contributed by atoms with Crippen molar-refractivity contribution in [2.45, 2.75) is 40.0 Å². The van der Waals surface area contributed by atoms with E-state index < -0.39 is 5.63 Å². The van der Waals surface area contributed by atoms with Crippen LogP contribution in [0.25, 0.3) is 11.0 Å². The quantitative estimate of drug-likeness (QED) is 0.365. The molecule has 0 amide bonds. The number of nitrogens with zero attached hydrogens (tertiary/aromatic N) is 2. The maximum atomic E-state index is 12.2. The predicted octanol–water partition coefficient (Wildman–Crippen LogP) is 3.79. The number of hydrogen-bond acceptors (Lipinski definition) is 5. The molecule has 0 fully saturated rings. The minimum absolute atomic E-state index is 0.337. The number of hydrogen-bond donors (Lipinski definition) is 1. The Morgan fingerprint density at radius 3 is 2.61 bits per heavy atom. The van der Waals surface area contributed by atoms with Crippen LogP contribution in [0.1, 0.15) is 44.7 Å². The Bertz CT molecular complexity index is 746. The summed E-state index contributed by atoms with van der Waals surface area (Å²) in [4.78, 5) is 14.4. The van der Waals surface area contributed by atoms with E-state index in [1.807, 2.05) is 18.2 Å². The van der Waals surface area contributed by atoms with Crippen LogP contribution in [0.2, 0.25) is 0 Å². The maximum absolute atomic E-state index is 12.2. The molecule has 1 heterocycles. The SMILES string of the molecule is CCCCc1c(/C=N/O)c(=O)oc2cc(N(CC)CC)ccc12. The van der Waals surface area contributed by atoms with Gasteiger partial charge in [0.05, 0.1) is 11.8 Å². The van der Waals surface area contributed by atoms with Crippen molar-refractivity contribution in [1.82, 2.24) is 0 Å². The Morgan fingerprint density at radius 1 is 1.26 bits per heavy atom. The number of oxime groups is 1. The molecule has 0 aliphatic heterocycles. The summed E-state index contributed by atoms with van der Waals surface area (Å²) in [6.07, 6.45) is 3.91. The Labute approximate surface area is 136 Å². The molecule has 0 aliphatic rings. The van der Waals surface area contributed by atoms with Gasteiger partial charge in [-0.2, -0.15) is 0 Å². The topological polar surface area (TPSA) is 66.0 Å². The number of anilines is 1. The summed E-state index contributed by atoms with van der Waals surface area (Å²) in [5, 5.41) is 12.8. The van der Waals surface area contributed by atoms with Crippen LogP contribution in [0.5, 0.6) is 0 Å². The Kier molecular flexibility index (Phi) is 5.79. The van der Waals surface area contributed by atoms with Crippen molar-refractivity contribution in [3.05, 3.63) is 39.7 Å². The van der Waals surface area contributed by atoms with Crippen molar-refractivity contribution in [3.8, 4) is 0 Å². The molecular formula is C18H24N2O3. The van der Waals surface area contributed by atoms with E-state index in [0.717, 1.165) is 49.0 Å². The minimum atomic E-state index is -0.460. The summed E-state index contributed by atoms with van der Waals surface area (Å²) in [6.45, 7) is 8.08. The van der Waals surface area contributed by atoms with Crippen molar-refractivity contribution in [2.24, 2.45) is 5.16 Å². The highest BCUT2D eigenvalue weighted by atomic mass is 16.4. The smallest absolute Gasteiger partial charge is 0.345 e. The largest absolute Gasteiger partial charge is 0.422 e. The van der Waals surface area contributed by atoms with Gasteiger partial charge >= 0.3 is 5.63 Å². The molecule has 0 radical (unpaired) electrons. The van der Waals surface area contributed by atoms with Crippen molar-refractivity contribution in [1.29, 1.82) is 0 Å². The van der Waals surface area contributed by atoms with Crippen molar-refractivity contribution < 1.29 is 9.62 Å².